The van der Waals surface area contributed by atoms with Crippen molar-refractivity contribution in [2.75, 3.05) is 0 Å². The van der Waals surface area contributed by atoms with Gasteiger partial charge in [0.25, 0.3) is 0 Å². The molecule has 88 valence electrons. The molecule has 2 rings (SSSR count). The van der Waals surface area contributed by atoms with Crippen LogP contribution in [0.4, 0.5) is 0 Å². The SMILES string of the molecule is Cc1cc(Pc2ccccc2)cc(Cl)c1C=O.[LiH]. The van der Waals surface area contributed by atoms with E-state index in [1.54, 1.807) is 0 Å². The molecule has 0 amide bonds. The van der Waals surface area contributed by atoms with Gasteiger partial charge in [0.2, 0.25) is 0 Å². The van der Waals surface area contributed by atoms with Gasteiger partial charge in [0, 0.05) is 5.56 Å². The number of rotatable bonds is 3. The molecule has 2 aromatic carbocycles. The van der Waals surface area contributed by atoms with Crippen molar-refractivity contribution in [1.82, 2.24) is 0 Å². The molecule has 0 saturated carbocycles. The third kappa shape index (κ3) is 3.71. The van der Waals surface area contributed by atoms with Crippen molar-refractivity contribution in [3.63, 3.8) is 0 Å². The maximum absolute atomic E-state index is 10.8. The van der Waals surface area contributed by atoms with E-state index in [0.29, 0.717) is 19.2 Å². The fourth-order valence-electron chi connectivity index (χ4n) is 1.66. The zero-order valence-corrected chi connectivity index (χ0v) is 11.2. The second kappa shape index (κ2) is 7.12. The van der Waals surface area contributed by atoms with Gasteiger partial charge in [0.15, 0.2) is 6.29 Å². The van der Waals surface area contributed by atoms with Gasteiger partial charge in [-0.1, -0.05) is 56.6 Å². The molecular formula is C14H13ClLiOP. The number of hydrogen-bond donors (Lipinski definition) is 0. The minimum atomic E-state index is 0. The van der Waals surface area contributed by atoms with Crippen molar-refractivity contribution >= 4 is 55.9 Å². The third-order valence-electron chi connectivity index (χ3n) is 2.52. The summed E-state index contributed by atoms with van der Waals surface area (Å²) >= 11 is 6.07. The summed E-state index contributed by atoms with van der Waals surface area (Å²) in [5.74, 6) is 0. The van der Waals surface area contributed by atoms with Gasteiger partial charge in [0.05, 0.1) is 5.02 Å². The van der Waals surface area contributed by atoms with Crippen molar-refractivity contribution < 1.29 is 4.79 Å². The van der Waals surface area contributed by atoms with Gasteiger partial charge < -0.3 is 0 Å². The van der Waals surface area contributed by atoms with Crippen LogP contribution in [-0.2, 0) is 0 Å². The van der Waals surface area contributed by atoms with Crippen LogP contribution >= 0.6 is 20.2 Å². The Balaban J connectivity index is 0.00000162. The summed E-state index contributed by atoms with van der Waals surface area (Å²) in [5, 5.41) is 2.96. The van der Waals surface area contributed by atoms with Crippen LogP contribution in [0.2, 0.25) is 5.02 Å². The van der Waals surface area contributed by atoms with E-state index in [1.165, 1.54) is 5.30 Å². The van der Waals surface area contributed by atoms with E-state index in [1.807, 2.05) is 37.3 Å². The van der Waals surface area contributed by atoms with Crippen molar-refractivity contribution in [2.24, 2.45) is 0 Å². The average Bonchev–Trinajstić information content (AvgIpc) is 2.30. The molecule has 0 saturated heterocycles. The molecule has 0 fully saturated rings. The number of halogens is 1. The van der Waals surface area contributed by atoms with E-state index >= 15 is 0 Å². The van der Waals surface area contributed by atoms with Gasteiger partial charge >= 0.3 is 18.9 Å². The fourth-order valence-corrected chi connectivity index (χ4v) is 3.27. The van der Waals surface area contributed by atoms with Crippen molar-refractivity contribution in [3.8, 4) is 0 Å². The Morgan fingerprint density at radius 2 is 1.78 bits per heavy atom. The van der Waals surface area contributed by atoms with Gasteiger partial charge in [-0.05, 0) is 29.2 Å². The number of benzene rings is 2. The molecule has 1 atom stereocenters. The molecule has 0 bridgehead atoms. The number of aldehydes is 1. The molecular weight excluding hydrogens is 258 g/mol. The number of hydrogen-bond acceptors (Lipinski definition) is 1. The monoisotopic (exact) mass is 270 g/mol. The van der Waals surface area contributed by atoms with Gasteiger partial charge in [-0.3, -0.25) is 4.79 Å². The predicted molar refractivity (Wildman–Crippen MR) is 82.8 cm³/mol. The normalized spacial score (nSPS) is 10.3. The first-order valence-electron chi connectivity index (χ1n) is 5.28. The van der Waals surface area contributed by atoms with E-state index in [0.717, 1.165) is 17.2 Å². The van der Waals surface area contributed by atoms with Gasteiger partial charge in [-0.15, -0.1) is 0 Å². The molecule has 0 spiro atoms. The van der Waals surface area contributed by atoms with Crippen LogP contribution in [0.3, 0.4) is 0 Å². The minimum absolute atomic E-state index is 0. The Kier molecular flexibility index (Phi) is 6.13. The Morgan fingerprint density at radius 1 is 1.11 bits per heavy atom. The van der Waals surface area contributed by atoms with Crippen molar-refractivity contribution in [1.29, 1.82) is 0 Å². The maximum atomic E-state index is 10.8. The van der Waals surface area contributed by atoms with Gasteiger partial charge in [0.1, 0.15) is 0 Å². The Bertz CT molecular complexity index is 520. The molecule has 0 aliphatic heterocycles. The van der Waals surface area contributed by atoms with E-state index in [4.69, 9.17) is 11.6 Å². The van der Waals surface area contributed by atoms with E-state index in [9.17, 15) is 4.79 Å². The van der Waals surface area contributed by atoms with Crippen LogP contribution in [0.25, 0.3) is 0 Å². The topological polar surface area (TPSA) is 17.1 Å². The molecule has 0 aliphatic carbocycles. The summed E-state index contributed by atoms with van der Waals surface area (Å²) in [6.07, 6.45) is 0.813. The van der Waals surface area contributed by atoms with E-state index in [2.05, 4.69) is 12.1 Å². The number of aryl methyl sites for hydroxylation is 1. The van der Waals surface area contributed by atoms with Crippen LogP contribution in [0.1, 0.15) is 15.9 Å². The second-order valence-electron chi connectivity index (χ2n) is 3.80. The molecule has 0 heterocycles. The Hall–Kier alpha value is -0.573. The third-order valence-corrected chi connectivity index (χ3v) is 4.03. The summed E-state index contributed by atoms with van der Waals surface area (Å²) in [6.45, 7) is 1.91. The predicted octanol–water partition coefficient (Wildman–Crippen LogP) is 2.44. The fraction of sp³-hybridized carbons (Fsp3) is 0.0714. The molecule has 0 aliphatic rings. The molecule has 4 heteroatoms. The first kappa shape index (κ1) is 15.5. The summed E-state index contributed by atoms with van der Waals surface area (Å²) < 4.78 is 0. The summed E-state index contributed by atoms with van der Waals surface area (Å²) in [5.41, 5.74) is 1.53. The summed E-state index contributed by atoms with van der Waals surface area (Å²) in [7, 11) is 0.567. The summed E-state index contributed by atoms with van der Waals surface area (Å²) in [4.78, 5) is 10.8. The average molecular weight is 271 g/mol. The van der Waals surface area contributed by atoms with Crippen molar-refractivity contribution in [2.45, 2.75) is 6.92 Å². The number of carbonyl (C=O) groups is 1. The Labute approximate surface area is 126 Å². The first-order valence-corrected chi connectivity index (χ1v) is 6.66. The summed E-state index contributed by atoms with van der Waals surface area (Å²) in [6, 6.07) is 14.1. The van der Waals surface area contributed by atoms with Gasteiger partial charge in [-0.25, -0.2) is 0 Å². The molecule has 0 radical (unpaired) electrons. The first-order chi connectivity index (χ1) is 8.20. The standard InChI is InChI=1S/C14H12ClOP.Li.H/c1-10-7-12(8-14(15)13(10)9-16)17-11-5-3-2-4-6-11;;/h2-9,17H,1H3;;. The van der Waals surface area contributed by atoms with Crippen molar-refractivity contribution in [3.05, 3.63) is 58.6 Å². The quantitative estimate of drug-likeness (QED) is 0.476. The Morgan fingerprint density at radius 3 is 2.33 bits per heavy atom. The number of carbonyl (C=O) groups excluding carboxylic acids is 1. The van der Waals surface area contributed by atoms with Crippen LogP contribution in [0, 0.1) is 6.92 Å². The van der Waals surface area contributed by atoms with Gasteiger partial charge in [-0.2, -0.15) is 0 Å². The molecule has 0 N–H and O–H groups in total. The molecule has 1 unspecified atom stereocenters. The zero-order valence-electron chi connectivity index (χ0n) is 9.41. The van der Waals surface area contributed by atoms with E-state index < -0.39 is 0 Å². The second-order valence-corrected chi connectivity index (χ2v) is 5.61. The zero-order chi connectivity index (χ0) is 12.3. The van der Waals surface area contributed by atoms with Crippen LogP contribution in [0.5, 0.6) is 0 Å². The van der Waals surface area contributed by atoms with Crippen LogP contribution in [-0.4, -0.2) is 25.1 Å². The van der Waals surface area contributed by atoms with Crippen LogP contribution < -0.4 is 10.6 Å². The molecule has 18 heavy (non-hydrogen) atoms. The van der Waals surface area contributed by atoms with E-state index in [-0.39, 0.29) is 18.9 Å². The molecule has 2 aromatic rings. The molecule has 1 nitrogen and oxygen atoms in total. The molecule has 0 aromatic heterocycles. The van der Waals surface area contributed by atoms with Crippen LogP contribution in [0.15, 0.2) is 42.5 Å².